The van der Waals surface area contributed by atoms with Crippen LogP contribution in [0.1, 0.15) is 12.0 Å². The summed E-state index contributed by atoms with van der Waals surface area (Å²) < 4.78 is 3.89. The second-order valence-electron chi connectivity index (χ2n) is 4.37. The molecule has 0 bridgehead atoms. The van der Waals surface area contributed by atoms with Crippen molar-refractivity contribution in [3.63, 3.8) is 0 Å². The fraction of sp³-hybridized carbons (Fsp3) is 0.231. The van der Waals surface area contributed by atoms with Gasteiger partial charge in [-0.05, 0) is 30.5 Å². The normalized spacial score (nSPS) is 10.5. The number of nitrogens with zero attached hydrogens (tertiary/aromatic N) is 4. The predicted molar refractivity (Wildman–Crippen MR) is 75.2 cm³/mol. The van der Waals surface area contributed by atoms with Crippen LogP contribution in [0.2, 0.25) is 0 Å². The molecule has 0 aromatic carbocycles. The maximum atomic E-state index is 5.86. The lowest BCUT2D eigenvalue weighted by atomic mass is 10.1. The third kappa shape index (κ3) is 2.74. The summed E-state index contributed by atoms with van der Waals surface area (Å²) in [5.41, 5.74) is 8.85. The van der Waals surface area contributed by atoms with Crippen molar-refractivity contribution in [3.8, 4) is 0 Å². The predicted octanol–water partition coefficient (Wildman–Crippen LogP) is 1.91. The molecular weight excluding hydrogens is 240 g/mol. The molecule has 0 aliphatic rings. The minimum atomic E-state index is 0. The molecule has 0 amide bonds. The van der Waals surface area contributed by atoms with Gasteiger partial charge < -0.3 is 16.5 Å². The van der Waals surface area contributed by atoms with Gasteiger partial charge >= 0.3 is 0 Å². The summed E-state index contributed by atoms with van der Waals surface area (Å²) in [4.78, 5) is 4.03. The first-order chi connectivity index (χ1) is 8.83. The van der Waals surface area contributed by atoms with Gasteiger partial charge in [-0.15, -0.1) is 0 Å². The molecule has 0 radical (unpaired) electrons. The summed E-state index contributed by atoms with van der Waals surface area (Å²) in [5.74, 6) is 0. The van der Waals surface area contributed by atoms with Gasteiger partial charge in [-0.3, -0.25) is 0 Å². The van der Waals surface area contributed by atoms with Crippen molar-refractivity contribution in [2.24, 2.45) is 0 Å². The maximum Gasteiger partial charge on any atom is 0.0945 e. The first kappa shape index (κ1) is 13.1. The molecule has 6 heteroatoms. The Balaban J connectivity index is 0.00000133. The number of fused-ring (bicyclic) bond motifs is 1. The van der Waals surface area contributed by atoms with E-state index in [-0.39, 0.29) is 6.15 Å². The van der Waals surface area contributed by atoms with Crippen LogP contribution < -0.4 is 11.9 Å². The molecule has 0 unspecified atom stereocenters. The number of anilines is 1. The number of rotatable bonds is 4. The average Bonchev–Trinajstić information content (AvgIpc) is 3.01. The third-order valence-electron chi connectivity index (χ3n) is 3.06. The first-order valence-electron chi connectivity index (χ1n) is 6.00. The van der Waals surface area contributed by atoms with Crippen LogP contribution in [0.5, 0.6) is 0 Å². The highest BCUT2D eigenvalue weighted by Gasteiger charge is 2.01. The highest BCUT2D eigenvalue weighted by Crippen LogP contribution is 2.15. The molecule has 5 N–H and O–H groups in total. The van der Waals surface area contributed by atoms with Crippen LogP contribution in [0.25, 0.3) is 5.52 Å². The van der Waals surface area contributed by atoms with Gasteiger partial charge in [-0.2, -0.15) is 5.10 Å². The van der Waals surface area contributed by atoms with E-state index in [0.717, 1.165) is 30.6 Å². The molecule has 0 saturated carbocycles. The van der Waals surface area contributed by atoms with Gasteiger partial charge in [-0.25, -0.2) is 9.50 Å². The number of hydrogen-bond acceptors (Lipinski definition) is 4. The molecule has 3 aromatic heterocycles. The lowest BCUT2D eigenvalue weighted by Gasteiger charge is -2.04. The summed E-state index contributed by atoms with van der Waals surface area (Å²) in [6, 6.07) is 4.20. The van der Waals surface area contributed by atoms with Crippen molar-refractivity contribution in [1.82, 2.24) is 25.3 Å². The van der Waals surface area contributed by atoms with Gasteiger partial charge in [0.1, 0.15) is 0 Å². The lowest BCUT2D eigenvalue weighted by molar-refractivity contribution is 0.641. The second kappa shape index (κ2) is 5.53. The monoisotopic (exact) mass is 258 g/mol. The Morgan fingerprint density at radius 2 is 2.16 bits per heavy atom. The number of imidazole rings is 1. The minimum absolute atomic E-state index is 0. The summed E-state index contributed by atoms with van der Waals surface area (Å²) in [7, 11) is 0. The molecule has 0 spiro atoms. The van der Waals surface area contributed by atoms with Crippen molar-refractivity contribution < 1.29 is 0 Å². The summed E-state index contributed by atoms with van der Waals surface area (Å²) >= 11 is 0. The fourth-order valence-corrected chi connectivity index (χ4v) is 2.08. The van der Waals surface area contributed by atoms with Crippen LogP contribution in [0.3, 0.4) is 0 Å². The minimum Gasteiger partial charge on any atom is -0.396 e. The third-order valence-corrected chi connectivity index (χ3v) is 3.06. The van der Waals surface area contributed by atoms with Crippen LogP contribution in [0.15, 0.2) is 43.2 Å². The molecule has 6 nitrogen and oxygen atoms in total. The van der Waals surface area contributed by atoms with Crippen LogP contribution in [-0.2, 0) is 13.0 Å². The Morgan fingerprint density at radius 1 is 1.26 bits per heavy atom. The van der Waals surface area contributed by atoms with Crippen molar-refractivity contribution in [1.29, 1.82) is 0 Å². The molecule has 19 heavy (non-hydrogen) atoms. The number of aryl methyl sites for hydroxylation is 2. The first-order valence-corrected chi connectivity index (χ1v) is 6.00. The van der Waals surface area contributed by atoms with E-state index in [4.69, 9.17) is 5.73 Å². The Kier molecular flexibility index (Phi) is 3.82. The van der Waals surface area contributed by atoms with Gasteiger partial charge in [0.25, 0.3) is 0 Å². The highest BCUT2D eigenvalue weighted by atomic mass is 15.2. The zero-order valence-electron chi connectivity index (χ0n) is 10.7. The van der Waals surface area contributed by atoms with E-state index >= 15 is 0 Å². The van der Waals surface area contributed by atoms with E-state index in [0.29, 0.717) is 0 Å². The van der Waals surface area contributed by atoms with Crippen LogP contribution in [-0.4, -0.2) is 19.2 Å². The van der Waals surface area contributed by atoms with Crippen molar-refractivity contribution in [2.75, 3.05) is 5.73 Å². The Hall–Kier alpha value is -2.34. The van der Waals surface area contributed by atoms with Gasteiger partial charge in [0.05, 0.1) is 23.7 Å². The molecule has 3 heterocycles. The molecule has 0 atom stereocenters. The van der Waals surface area contributed by atoms with E-state index in [9.17, 15) is 0 Å². The van der Waals surface area contributed by atoms with Crippen LogP contribution in [0.4, 0.5) is 5.69 Å². The largest absolute Gasteiger partial charge is 0.396 e. The molecule has 100 valence electrons. The van der Waals surface area contributed by atoms with E-state index in [2.05, 4.69) is 26.8 Å². The molecule has 0 aliphatic heterocycles. The quantitative estimate of drug-likeness (QED) is 0.747. The molecule has 0 aliphatic carbocycles. The zero-order chi connectivity index (χ0) is 12.4. The van der Waals surface area contributed by atoms with Crippen molar-refractivity contribution in [3.05, 3.63) is 48.8 Å². The molecule has 0 fully saturated rings. The second-order valence-corrected chi connectivity index (χ2v) is 4.37. The topological polar surface area (TPSA) is 96.1 Å². The summed E-state index contributed by atoms with van der Waals surface area (Å²) in [6.07, 6.45) is 11.4. The summed E-state index contributed by atoms with van der Waals surface area (Å²) in [6.45, 7) is 0.986. The van der Waals surface area contributed by atoms with Gasteiger partial charge in [0, 0.05) is 25.1 Å². The van der Waals surface area contributed by atoms with E-state index in [1.165, 1.54) is 5.56 Å². The zero-order valence-corrected chi connectivity index (χ0v) is 10.7. The standard InChI is InChI=1S/C13H15N5.H3N/c14-12-9-16-18-6-3-11(8-13(12)18)2-1-5-17-7-4-15-10-17;/h3-4,6-10H,1-2,5,14H2;1H3. The average molecular weight is 258 g/mol. The fourth-order valence-electron chi connectivity index (χ4n) is 2.08. The summed E-state index contributed by atoms with van der Waals surface area (Å²) in [5, 5.41) is 4.16. The van der Waals surface area contributed by atoms with E-state index in [1.807, 2.05) is 18.7 Å². The van der Waals surface area contributed by atoms with Gasteiger partial charge in [0.2, 0.25) is 0 Å². The van der Waals surface area contributed by atoms with Gasteiger partial charge in [0.15, 0.2) is 0 Å². The van der Waals surface area contributed by atoms with E-state index in [1.54, 1.807) is 16.9 Å². The SMILES string of the molecule is N.Nc1cnn2ccc(CCCn3ccnc3)cc12. The van der Waals surface area contributed by atoms with E-state index < -0.39 is 0 Å². The number of aromatic nitrogens is 4. The Morgan fingerprint density at radius 3 is 2.95 bits per heavy atom. The Labute approximate surface area is 111 Å². The number of nitrogens with two attached hydrogens (primary N) is 1. The smallest absolute Gasteiger partial charge is 0.0945 e. The highest BCUT2D eigenvalue weighted by molar-refractivity contribution is 5.68. The van der Waals surface area contributed by atoms with Crippen LogP contribution in [0, 0.1) is 0 Å². The molecular formula is C13H18N6. The maximum absolute atomic E-state index is 5.86. The number of hydrogen-bond donors (Lipinski definition) is 2. The van der Waals surface area contributed by atoms with Crippen molar-refractivity contribution >= 4 is 11.2 Å². The number of nitrogen functional groups attached to an aromatic ring is 1. The molecule has 3 aromatic rings. The Bertz CT molecular complexity index is 640. The van der Waals surface area contributed by atoms with Crippen molar-refractivity contribution in [2.45, 2.75) is 19.4 Å². The lowest BCUT2D eigenvalue weighted by Crippen LogP contribution is -1.97. The molecule has 3 rings (SSSR count). The van der Waals surface area contributed by atoms with Gasteiger partial charge in [-0.1, -0.05) is 0 Å². The van der Waals surface area contributed by atoms with Crippen LogP contribution >= 0.6 is 0 Å². The molecule has 0 saturated heterocycles. The number of pyridine rings is 1.